The number of hydrogen-bond donors (Lipinski definition) is 2. The van der Waals surface area contributed by atoms with E-state index in [2.05, 4.69) is 35.4 Å². The van der Waals surface area contributed by atoms with Crippen LogP contribution in [0.2, 0.25) is 0 Å². The lowest BCUT2D eigenvalue weighted by molar-refractivity contribution is -0.132. The highest BCUT2D eigenvalue weighted by atomic mass is 127. The van der Waals surface area contributed by atoms with Crippen LogP contribution in [0.1, 0.15) is 37.3 Å². The lowest BCUT2D eigenvalue weighted by Crippen LogP contribution is -2.37. The highest BCUT2D eigenvalue weighted by molar-refractivity contribution is 14.0. The Bertz CT molecular complexity index is 533. The topological polar surface area (TPSA) is 70.7 Å². The number of amides is 1. The highest BCUT2D eigenvalue weighted by Crippen LogP contribution is 2.19. The van der Waals surface area contributed by atoms with Gasteiger partial charge in [0.1, 0.15) is 0 Å². The van der Waals surface area contributed by atoms with E-state index < -0.39 is 0 Å². The summed E-state index contributed by atoms with van der Waals surface area (Å²) in [5, 5.41) is 3.05. The number of benzene rings is 1. The van der Waals surface area contributed by atoms with Crippen molar-refractivity contribution in [2.24, 2.45) is 10.7 Å². The van der Waals surface area contributed by atoms with Crippen molar-refractivity contribution in [3.8, 4) is 0 Å². The molecular formula is C17H27IN4O. The van der Waals surface area contributed by atoms with Gasteiger partial charge in [-0.05, 0) is 30.4 Å². The van der Waals surface area contributed by atoms with Gasteiger partial charge in [-0.15, -0.1) is 24.0 Å². The minimum Gasteiger partial charge on any atom is -0.370 e. The van der Waals surface area contributed by atoms with E-state index in [9.17, 15) is 4.79 Å². The second kappa shape index (κ2) is 10.5. The summed E-state index contributed by atoms with van der Waals surface area (Å²) >= 11 is 0. The molecule has 6 heteroatoms. The zero-order valence-electron chi connectivity index (χ0n) is 13.8. The van der Waals surface area contributed by atoms with Gasteiger partial charge in [-0.25, -0.2) is 0 Å². The van der Waals surface area contributed by atoms with Crippen LogP contribution >= 0.6 is 24.0 Å². The Morgan fingerprint density at radius 1 is 1.35 bits per heavy atom. The molecule has 1 aliphatic rings. The molecule has 1 amide bonds. The predicted molar refractivity (Wildman–Crippen MR) is 105 cm³/mol. The SMILES string of the molecule is CCCN=C(N)NCCCC(=O)N1CCc2ccccc2C1.I. The molecule has 2 rings (SSSR count). The van der Waals surface area contributed by atoms with Crippen LogP contribution < -0.4 is 11.1 Å². The number of fused-ring (bicyclic) bond motifs is 1. The van der Waals surface area contributed by atoms with Gasteiger partial charge in [0, 0.05) is 32.6 Å². The Labute approximate surface area is 155 Å². The maximum atomic E-state index is 12.3. The summed E-state index contributed by atoms with van der Waals surface area (Å²) < 4.78 is 0. The number of halogens is 1. The molecule has 0 aliphatic carbocycles. The highest BCUT2D eigenvalue weighted by Gasteiger charge is 2.19. The Kier molecular flexibility index (Phi) is 8.98. The molecule has 0 unspecified atom stereocenters. The lowest BCUT2D eigenvalue weighted by atomic mass is 9.99. The zero-order chi connectivity index (χ0) is 15.8. The third-order valence-electron chi connectivity index (χ3n) is 3.86. The summed E-state index contributed by atoms with van der Waals surface area (Å²) in [5.74, 6) is 0.696. The van der Waals surface area contributed by atoms with Crippen molar-refractivity contribution >= 4 is 35.8 Å². The molecule has 0 radical (unpaired) electrons. The largest absolute Gasteiger partial charge is 0.370 e. The summed E-state index contributed by atoms with van der Waals surface area (Å²) in [5.41, 5.74) is 8.36. The van der Waals surface area contributed by atoms with Crippen LogP contribution in [0.15, 0.2) is 29.3 Å². The third-order valence-corrected chi connectivity index (χ3v) is 3.86. The molecule has 5 nitrogen and oxygen atoms in total. The molecule has 0 spiro atoms. The summed E-state index contributed by atoms with van der Waals surface area (Å²) in [6, 6.07) is 8.36. The summed E-state index contributed by atoms with van der Waals surface area (Å²) in [4.78, 5) is 18.4. The van der Waals surface area contributed by atoms with Crippen LogP contribution in [0, 0.1) is 0 Å². The van der Waals surface area contributed by atoms with E-state index in [0.717, 1.165) is 38.9 Å². The van der Waals surface area contributed by atoms with Gasteiger partial charge in [0.05, 0.1) is 0 Å². The van der Waals surface area contributed by atoms with E-state index in [0.29, 0.717) is 18.9 Å². The molecule has 23 heavy (non-hydrogen) atoms. The molecule has 1 aliphatic heterocycles. The molecule has 0 aromatic heterocycles. The fourth-order valence-corrected chi connectivity index (χ4v) is 2.61. The molecule has 0 atom stereocenters. The van der Waals surface area contributed by atoms with Gasteiger partial charge in [0.15, 0.2) is 5.96 Å². The zero-order valence-corrected chi connectivity index (χ0v) is 16.1. The quantitative estimate of drug-likeness (QED) is 0.315. The Morgan fingerprint density at radius 2 is 2.09 bits per heavy atom. The number of nitrogens with zero attached hydrogens (tertiary/aromatic N) is 2. The van der Waals surface area contributed by atoms with Crippen molar-refractivity contribution in [2.75, 3.05) is 19.6 Å². The standard InChI is InChI=1S/C17H26N4O.HI/c1-2-10-19-17(18)20-11-5-8-16(22)21-12-9-14-6-3-4-7-15(14)13-21;/h3-4,6-7H,2,5,8-13H2,1H3,(H3,18,19,20);1H. The first-order chi connectivity index (χ1) is 10.7. The normalized spacial score (nSPS) is 14.0. The maximum Gasteiger partial charge on any atom is 0.222 e. The van der Waals surface area contributed by atoms with Crippen LogP contribution in [-0.4, -0.2) is 36.4 Å². The van der Waals surface area contributed by atoms with Crippen LogP contribution in [0.5, 0.6) is 0 Å². The fourth-order valence-electron chi connectivity index (χ4n) is 2.61. The molecule has 3 N–H and O–H groups in total. The maximum absolute atomic E-state index is 12.3. The number of nitrogens with two attached hydrogens (primary N) is 1. The predicted octanol–water partition coefficient (Wildman–Crippen LogP) is 2.28. The summed E-state index contributed by atoms with van der Waals surface area (Å²) in [6.45, 7) is 5.05. The number of rotatable bonds is 6. The third kappa shape index (κ3) is 6.37. The number of carbonyl (C=O) groups excluding carboxylic acids is 1. The van der Waals surface area contributed by atoms with E-state index in [1.54, 1.807) is 0 Å². The number of nitrogens with one attached hydrogen (secondary N) is 1. The van der Waals surface area contributed by atoms with Crippen molar-refractivity contribution in [2.45, 2.75) is 39.2 Å². The molecule has 1 aromatic carbocycles. The monoisotopic (exact) mass is 430 g/mol. The number of aliphatic imine (C=N–C) groups is 1. The summed E-state index contributed by atoms with van der Waals surface area (Å²) in [6.07, 6.45) is 3.27. The van der Waals surface area contributed by atoms with Crippen molar-refractivity contribution in [1.82, 2.24) is 10.2 Å². The second-order valence-electron chi connectivity index (χ2n) is 5.63. The molecule has 1 aromatic rings. The average Bonchev–Trinajstić information content (AvgIpc) is 2.56. The molecular weight excluding hydrogens is 403 g/mol. The van der Waals surface area contributed by atoms with Crippen LogP contribution in [0.3, 0.4) is 0 Å². The number of carbonyl (C=O) groups is 1. The second-order valence-corrected chi connectivity index (χ2v) is 5.63. The molecule has 0 bridgehead atoms. The van der Waals surface area contributed by atoms with Crippen LogP contribution in [0.4, 0.5) is 0 Å². The average molecular weight is 430 g/mol. The minimum atomic E-state index is 0. The number of guanidine groups is 1. The first kappa shape index (κ1) is 19.7. The van der Waals surface area contributed by atoms with Gasteiger partial charge in [-0.2, -0.15) is 0 Å². The van der Waals surface area contributed by atoms with Crippen molar-refractivity contribution in [1.29, 1.82) is 0 Å². The number of hydrogen-bond acceptors (Lipinski definition) is 2. The van der Waals surface area contributed by atoms with Gasteiger partial charge >= 0.3 is 0 Å². The Balaban J connectivity index is 0.00000264. The molecule has 1 heterocycles. The first-order valence-corrected chi connectivity index (χ1v) is 8.09. The first-order valence-electron chi connectivity index (χ1n) is 8.09. The molecule has 128 valence electrons. The van der Waals surface area contributed by atoms with Crippen molar-refractivity contribution in [3.63, 3.8) is 0 Å². The smallest absolute Gasteiger partial charge is 0.222 e. The van der Waals surface area contributed by atoms with E-state index >= 15 is 0 Å². The van der Waals surface area contributed by atoms with Gasteiger partial charge in [-0.3, -0.25) is 9.79 Å². The van der Waals surface area contributed by atoms with Crippen molar-refractivity contribution in [3.05, 3.63) is 35.4 Å². The van der Waals surface area contributed by atoms with Gasteiger partial charge < -0.3 is 16.0 Å². The van der Waals surface area contributed by atoms with E-state index in [1.807, 2.05) is 11.0 Å². The Morgan fingerprint density at radius 3 is 2.83 bits per heavy atom. The van der Waals surface area contributed by atoms with E-state index in [1.165, 1.54) is 11.1 Å². The minimum absolute atomic E-state index is 0. The van der Waals surface area contributed by atoms with Crippen LogP contribution in [0.25, 0.3) is 0 Å². The van der Waals surface area contributed by atoms with Crippen LogP contribution in [-0.2, 0) is 17.8 Å². The molecule has 0 saturated carbocycles. The van der Waals surface area contributed by atoms with Gasteiger partial charge in [-0.1, -0.05) is 31.2 Å². The molecule has 0 saturated heterocycles. The van der Waals surface area contributed by atoms with Crippen molar-refractivity contribution < 1.29 is 4.79 Å². The van der Waals surface area contributed by atoms with Gasteiger partial charge in [0.2, 0.25) is 5.91 Å². The van der Waals surface area contributed by atoms with Gasteiger partial charge in [0.25, 0.3) is 0 Å². The lowest BCUT2D eigenvalue weighted by Gasteiger charge is -2.29. The van der Waals surface area contributed by atoms with E-state index in [4.69, 9.17) is 5.73 Å². The summed E-state index contributed by atoms with van der Waals surface area (Å²) in [7, 11) is 0. The molecule has 0 fully saturated rings. The van der Waals surface area contributed by atoms with E-state index in [-0.39, 0.29) is 29.9 Å². The Hall–Kier alpha value is -1.31. The fraction of sp³-hybridized carbons (Fsp3) is 0.529.